The van der Waals surface area contributed by atoms with Gasteiger partial charge in [0.2, 0.25) is 0 Å². The van der Waals surface area contributed by atoms with Crippen molar-refractivity contribution in [3.05, 3.63) is 58.2 Å². The van der Waals surface area contributed by atoms with Gasteiger partial charge in [-0.2, -0.15) is 0 Å². The van der Waals surface area contributed by atoms with Gasteiger partial charge in [-0.05, 0) is 130 Å². The van der Waals surface area contributed by atoms with Gasteiger partial charge in [-0.3, -0.25) is 0 Å². The summed E-state index contributed by atoms with van der Waals surface area (Å²) in [6.45, 7) is 48.2. The van der Waals surface area contributed by atoms with Crippen molar-refractivity contribution < 1.29 is 0 Å². The van der Waals surface area contributed by atoms with Crippen molar-refractivity contribution in [2.45, 2.75) is 189 Å². The molecule has 0 radical (unpaired) electrons. The minimum absolute atomic E-state index is 0.500. The van der Waals surface area contributed by atoms with E-state index < -0.39 is 0 Å². The number of allylic oxidation sites excluding steroid dienone is 8. The molecule has 4 unspecified atom stereocenters. The van der Waals surface area contributed by atoms with Gasteiger partial charge in [0.15, 0.2) is 0 Å². The number of hydrogen-bond acceptors (Lipinski definition) is 0. The Morgan fingerprint density at radius 2 is 1.35 bits per heavy atom. The predicted molar refractivity (Wildman–Crippen MR) is 213 cm³/mol. The summed E-state index contributed by atoms with van der Waals surface area (Å²) in [5, 5.41) is 0. The molecule has 0 aromatic heterocycles. The molecule has 0 aliphatic heterocycles. The highest BCUT2D eigenvalue weighted by Crippen LogP contribution is 2.72. The van der Waals surface area contributed by atoms with Crippen LogP contribution >= 0.6 is 0 Å². The van der Waals surface area contributed by atoms with Crippen LogP contribution in [0, 0.1) is 45.8 Å². The molecule has 0 spiro atoms. The summed E-state index contributed by atoms with van der Waals surface area (Å²) in [7, 11) is 0. The molecule has 1 saturated carbocycles. The fourth-order valence-electron chi connectivity index (χ4n) is 8.17. The second kappa shape index (κ2) is 19.6. The maximum absolute atomic E-state index is 4.23. The van der Waals surface area contributed by atoms with E-state index in [0.29, 0.717) is 22.2 Å². The molecule has 46 heavy (non-hydrogen) atoms. The Kier molecular flexibility index (Phi) is 19.1. The molecule has 6 atom stereocenters. The zero-order chi connectivity index (χ0) is 36.2. The van der Waals surface area contributed by atoms with E-state index in [0.717, 1.165) is 23.7 Å². The highest BCUT2D eigenvalue weighted by molar-refractivity contribution is 5.42. The van der Waals surface area contributed by atoms with Gasteiger partial charge in [0.25, 0.3) is 0 Å². The Hall–Kier alpha value is -1.30. The molecule has 5 rings (SSSR count). The minimum atomic E-state index is 0.500. The van der Waals surface area contributed by atoms with Gasteiger partial charge in [0.05, 0.1) is 0 Å². The first-order chi connectivity index (χ1) is 21.3. The van der Waals surface area contributed by atoms with Crippen molar-refractivity contribution in [1.29, 1.82) is 0 Å². The van der Waals surface area contributed by atoms with Crippen molar-refractivity contribution >= 4 is 0 Å². The van der Waals surface area contributed by atoms with E-state index in [1.54, 1.807) is 16.7 Å². The standard InChI is InChI=1S/C19H28.C15H24.C5H12.C3H8.2C2H6/c1-12(2)19-8-13(3)7-18(14(19)4)11-15-9-16-5-6-17(16)10-15;1-7-14(5)8-12(10(2)3)11(4)13-9-15(13,14)6;1-5(2,3)4;1-3-2;2*1-2/h7,13-15,19H,1,5-6,8-11H2,2-4H3;13H,2,7-9H2,1,3-6H3;1-4H3;3H2,1-2H3;2*1-2H3/t;13-,14?,15-;;;;/m.0..../s1. The van der Waals surface area contributed by atoms with E-state index in [-0.39, 0.29) is 0 Å². The largest absolute Gasteiger partial charge is 0.0998 e. The second-order valence-electron chi connectivity index (χ2n) is 17.3. The fraction of sp³-hybridized carbons (Fsp3) is 0.783. The Labute approximate surface area is 292 Å². The summed E-state index contributed by atoms with van der Waals surface area (Å²) in [4.78, 5) is 0. The smallest absolute Gasteiger partial charge is 0.0135 e. The Balaban J connectivity index is 0.000000668. The van der Waals surface area contributed by atoms with Crippen LogP contribution in [0.15, 0.2) is 58.2 Å². The Morgan fingerprint density at radius 3 is 1.72 bits per heavy atom. The highest BCUT2D eigenvalue weighted by atomic mass is 14.7. The first kappa shape index (κ1) is 44.7. The van der Waals surface area contributed by atoms with Crippen LogP contribution < -0.4 is 0 Å². The summed E-state index contributed by atoms with van der Waals surface area (Å²) in [6, 6.07) is 0. The monoisotopic (exact) mass is 637 g/mol. The van der Waals surface area contributed by atoms with E-state index in [1.807, 2.05) is 38.8 Å². The molecule has 0 aromatic carbocycles. The molecule has 0 bridgehead atoms. The van der Waals surface area contributed by atoms with Crippen molar-refractivity contribution in [3.63, 3.8) is 0 Å². The first-order valence-electron chi connectivity index (χ1n) is 19.7. The summed E-state index contributed by atoms with van der Waals surface area (Å²) >= 11 is 0. The summed E-state index contributed by atoms with van der Waals surface area (Å²) < 4.78 is 0. The topological polar surface area (TPSA) is 0 Å². The van der Waals surface area contributed by atoms with Crippen molar-refractivity contribution in [1.82, 2.24) is 0 Å². The molecule has 0 heterocycles. The fourth-order valence-corrected chi connectivity index (χ4v) is 8.17. The maximum Gasteiger partial charge on any atom is -0.0135 e. The molecule has 0 amide bonds. The molecule has 0 nitrogen and oxygen atoms in total. The summed E-state index contributed by atoms with van der Waals surface area (Å²) in [5.41, 5.74) is 12.9. The lowest BCUT2D eigenvalue weighted by atomic mass is 9.63. The molecule has 5 aliphatic rings. The van der Waals surface area contributed by atoms with E-state index >= 15 is 0 Å². The van der Waals surface area contributed by atoms with Gasteiger partial charge in [-0.15, -0.1) is 0 Å². The number of fused-ring (bicyclic) bond motifs is 1. The lowest BCUT2D eigenvalue weighted by Gasteiger charge is -2.41. The SMILES string of the molecule is C=C(C)C1=C(C)[C@@H]2C[C@]2(C)C(C)(CC)C1.C=C(C)C1CC(C)C=C(CC2CC3=C(CC3)C2)C1C.CC.CC.CC(C)(C)C.CCC. The van der Waals surface area contributed by atoms with Crippen LogP contribution in [0.4, 0.5) is 0 Å². The van der Waals surface area contributed by atoms with Crippen LogP contribution in [0.2, 0.25) is 0 Å². The lowest BCUT2D eigenvalue weighted by Crippen LogP contribution is -2.32. The minimum Gasteiger partial charge on any atom is -0.0998 e. The van der Waals surface area contributed by atoms with E-state index in [9.17, 15) is 0 Å². The predicted octanol–water partition coefficient (Wildman–Crippen LogP) is 15.9. The third-order valence-corrected chi connectivity index (χ3v) is 11.2. The van der Waals surface area contributed by atoms with Crippen LogP contribution in [0.3, 0.4) is 0 Å². The van der Waals surface area contributed by atoms with Crippen LogP contribution in [-0.4, -0.2) is 0 Å². The molecule has 0 N–H and O–H groups in total. The van der Waals surface area contributed by atoms with E-state index in [2.05, 4.69) is 116 Å². The average molecular weight is 637 g/mol. The Bertz CT molecular complexity index is 1030. The first-order valence-corrected chi connectivity index (χ1v) is 19.7. The van der Waals surface area contributed by atoms with Crippen molar-refractivity contribution in [2.75, 3.05) is 0 Å². The molecular weight excluding hydrogens is 553 g/mol. The number of rotatable bonds is 5. The van der Waals surface area contributed by atoms with Crippen LogP contribution in [0.5, 0.6) is 0 Å². The third-order valence-electron chi connectivity index (χ3n) is 11.2. The van der Waals surface area contributed by atoms with Gasteiger partial charge < -0.3 is 0 Å². The van der Waals surface area contributed by atoms with Gasteiger partial charge in [-0.25, -0.2) is 0 Å². The second-order valence-corrected chi connectivity index (χ2v) is 17.3. The maximum atomic E-state index is 4.23. The number of hydrogen-bond donors (Lipinski definition) is 0. The lowest BCUT2D eigenvalue weighted by molar-refractivity contribution is 0.146. The molecule has 5 aliphatic carbocycles. The van der Waals surface area contributed by atoms with Gasteiger partial charge in [0.1, 0.15) is 0 Å². The normalized spacial score (nSPS) is 30.7. The quantitative estimate of drug-likeness (QED) is 0.263. The molecule has 0 aromatic rings. The van der Waals surface area contributed by atoms with Gasteiger partial charge in [0, 0.05) is 0 Å². The molecular formula is C46H84. The van der Waals surface area contributed by atoms with E-state index in [1.165, 1.54) is 75.4 Å². The third kappa shape index (κ3) is 12.3. The summed E-state index contributed by atoms with van der Waals surface area (Å²) in [6.07, 6.45) is 16.1. The molecule has 0 heteroatoms. The highest BCUT2D eigenvalue weighted by Gasteiger charge is 2.63. The molecule has 1 fully saturated rings. The van der Waals surface area contributed by atoms with Gasteiger partial charge >= 0.3 is 0 Å². The summed E-state index contributed by atoms with van der Waals surface area (Å²) in [5.74, 6) is 3.96. The molecule has 0 saturated heterocycles. The average Bonchev–Trinajstić information content (AvgIpc) is 3.61. The zero-order valence-corrected chi connectivity index (χ0v) is 34.9. The van der Waals surface area contributed by atoms with E-state index in [4.69, 9.17) is 0 Å². The van der Waals surface area contributed by atoms with Crippen molar-refractivity contribution in [3.8, 4) is 0 Å². The van der Waals surface area contributed by atoms with Crippen LogP contribution in [0.25, 0.3) is 0 Å². The Morgan fingerprint density at radius 1 is 0.891 bits per heavy atom. The zero-order valence-electron chi connectivity index (χ0n) is 34.9. The van der Waals surface area contributed by atoms with Gasteiger partial charge in [-0.1, -0.05) is 163 Å². The van der Waals surface area contributed by atoms with Crippen LogP contribution in [0.1, 0.15) is 189 Å². The molecule has 268 valence electrons. The van der Waals surface area contributed by atoms with Crippen molar-refractivity contribution in [2.24, 2.45) is 45.8 Å². The van der Waals surface area contributed by atoms with Crippen LogP contribution in [-0.2, 0) is 0 Å².